The SMILES string of the molecule is Brc1cc(Br)c(OCCCC2CO2)c(CC2CO2)c1.Brc1cccc(CC2CO2)c1OCCCC1CO1.Clc1cc(Cl)c(OCCCC2CO2)c(CC2CO2)c1.Clc1cccc(CC2CO2)c1OCCCC1CO1. The molecule has 8 aliphatic rings. The van der Waals surface area contributed by atoms with Gasteiger partial charge >= 0.3 is 0 Å². The molecule has 0 saturated carbocycles. The van der Waals surface area contributed by atoms with Gasteiger partial charge in [0.2, 0.25) is 0 Å². The molecule has 0 aliphatic carbocycles. The average molecular weight is 1280 g/mol. The van der Waals surface area contributed by atoms with Crippen molar-refractivity contribution in [1.29, 1.82) is 0 Å². The number of epoxide rings is 8. The van der Waals surface area contributed by atoms with Gasteiger partial charge in [0.15, 0.2) is 0 Å². The number of benzene rings is 4. The van der Waals surface area contributed by atoms with Gasteiger partial charge in [0.05, 0.1) is 147 Å². The summed E-state index contributed by atoms with van der Waals surface area (Å²) in [6, 6.07) is 19.9. The summed E-state index contributed by atoms with van der Waals surface area (Å²) in [5.74, 6) is 3.50. The molecule has 8 heterocycles. The molecule has 8 unspecified atom stereocenters. The molecule has 0 amide bonds. The molecule has 8 saturated heterocycles. The highest BCUT2D eigenvalue weighted by Gasteiger charge is 2.30. The standard InChI is InChI=1S/C14H16Br2O3.C14H17BrO3.C14H16Cl2O3.C14H17ClO3/c15-10-4-9(5-12-8-19-12)14(13(16)6-10)17-3-1-2-11-7-18-11;15-13-5-1-3-10(7-12-9-18-12)14(13)16-6-2-4-11-8-17-11;15-10-4-9(5-12-8-19-12)14(13(16)6-10)17-3-1-2-11-7-18-11;15-13-5-1-3-10(7-12-9-18-12)14(13)16-6-2-4-11-8-17-11/h4,6,11-12H,1-3,5,7-8H2;1,3,5,11-12H,2,4,6-9H2;4,6,11-12H,1-3,5,7-8H2;1,3,5,11-12H,2,4,6-9H2. The Morgan fingerprint density at radius 2 is 0.730 bits per heavy atom. The van der Waals surface area contributed by atoms with Crippen LogP contribution >= 0.6 is 82.6 Å². The number of rotatable bonds is 28. The lowest BCUT2D eigenvalue weighted by Crippen LogP contribution is -2.04. The Morgan fingerprint density at radius 1 is 0.378 bits per heavy atom. The molecule has 12 nitrogen and oxygen atoms in total. The largest absolute Gasteiger partial charge is 0.492 e. The van der Waals surface area contributed by atoms with Gasteiger partial charge in [0.25, 0.3) is 0 Å². The van der Waals surface area contributed by atoms with Crippen molar-refractivity contribution in [3.63, 3.8) is 0 Å². The van der Waals surface area contributed by atoms with E-state index in [1.807, 2.05) is 36.4 Å². The molecular weight excluding hydrogens is 1210 g/mol. The fourth-order valence-corrected chi connectivity index (χ4v) is 11.0. The van der Waals surface area contributed by atoms with E-state index in [1.165, 1.54) is 11.1 Å². The third-order valence-corrected chi connectivity index (χ3v) is 15.4. The fourth-order valence-electron chi connectivity index (χ4n) is 8.21. The van der Waals surface area contributed by atoms with Gasteiger partial charge in [-0.1, -0.05) is 75.0 Å². The zero-order valence-corrected chi connectivity index (χ0v) is 48.6. The van der Waals surface area contributed by atoms with E-state index in [9.17, 15) is 0 Å². The summed E-state index contributed by atoms with van der Waals surface area (Å²) < 4.78 is 68.5. The number of hydrogen-bond acceptors (Lipinski definition) is 12. The Kier molecular flexibility index (Phi) is 22.1. The van der Waals surface area contributed by atoms with Crippen LogP contribution in [0.4, 0.5) is 0 Å². The van der Waals surface area contributed by atoms with Crippen LogP contribution in [-0.2, 0) is 63.6 Å². The number of para-hydroxylation sites is 2. The normalized spacial score (nSPS) is 24.6. The minimum absolute atomic E-state index is 0.289. The summed E-state index contributed by atoms with van der Waals surface area (Å²) in [5, 5.41) is 1.90. The van der Waals surface area contributed by atoms with E-state index in [-0.39, 0.29) is 6.10 Å². The van der Waals surface area contributed by atoms with Gasteiger partial charge in [0, 0.05) is 35.2 Å². The Hall–Kier alpha value is -1.93. The topological polar surface area (TPSA) is 137 Å². The first kappa shape index (κ1) is 56.8. The second-order valence-electron chi connectivity index (χ2n) is 19.6. The van der Waals surface area contributed by atoms with Crippen molar-refractivity contribution in [2.24, 2.45) is 0 Å². The highest BCUT2D eigenvalue weighted by Crippen LogP contribution is 2.38. The summed E-state index contributed by atoms with van der Waals surface area (Å²) in [5.41, 5.74) is 4.61. The Labute approximate surface area is 475 Å². The lowest BCUT2D eigenvalue weighted by atomic mass is 10.1. The van der Waals surface area contributed by atoms with Crippen LogP contribution in [0.25, 0.3) is 0 Å². The Balaban J connectivity index is 0.000000121. The molecule has 4 aromatic rings. The van der Waals surface area contributed by atoms with Crippen molar-refractivity contribution in [2.45, 2.75) is 126 Å². The summed E-state index contributed by atoms with van der Waals surface area (Å²) in [4.78, 5) is 0. The summed E-state index contributed by atoms with van der Waals surface area (Å²) in [6.45, 7) is 9.90. The van der Waals surface area contributed by atoms with Crippen molar-refractivity contribution in [3.8, 4) is 23.0 Å². The van der Waals surface area contributed by atoms with Gasteiger partial charge in [0.1, 0.15) is 23.0 Å². The van der Waals surface area contributed by atoms with E-state index in [0.717, 1.165) is 191 Å². The van der Waals surface area contributed by atoms with E-state index in [1.54, 1.807) is 6.07 Å². The molecule has 0 spiro atoms. The number of ether oxygens (including phenoxy) is 12. The summed E-state index contributed by atoms with van der Waals surface area (Å²) in [7, 11) is 0. The Bertz CT molecular complexity index is 2240. The van der Waals surface area contributed by atoms with E-state index < -0.39 is 0 Å². The second kappa shape index (κ2) is 28.8. The van der Waals surface area contributed by atoms with Crippen molar-refractivity contribution < 1.29 is 56.8 Å². The van der Waals surface area contributed by atoms with Crippen molar-refractivity contribution in [3.05, 3.63) is 111 Å². The molecule has 18 heteroatoms. The van der Waals surface area contributed by atoms with E-state index in [2.05, 4.69) is 66.0 Å². The minimum atomic E-state index is 0.289. The van der Waals surface area contributed by atoms with Crippen molar-refractivity contribution >= 4 is 82.6 Å². The molecule has 8 aliphatic heterocycles. The summed E-state index contributed by atoms with van der Waals surface area (Å²) >= 11 is 29.1. The van der Waals surface area contributed by atoms with Crippen molar-refractivity contribution in [1.82, 2.24) is 0 Å². The molecule has 8 atom stereocenters. The molecule has 74 heavy (non-hydrogen) atoms. The first-order valence-corrected chi connectivity index (χ1v) is 29.6. The third kappa shape index (κ3) is 21.0. The van der Waals surface area contributed by atoms with Crippen molar-refractivity contribution in [2.75, 3.05) is 79.3 Å². The van der Waals surface area contributed by atoms with Gasteiger partial charge < -0.3 is 56.8 Å². The van der Waals surface area contributed by atoms with Crippen LogP contribution in [-0.4, -0.2) is 128 Å². The molecule has 0 aromatic heterocycles. The lowest BCUT2D eigenvalue weighted by molar-refractivity contribution is 0.288. The van der Waals surface area contributed by atoms with Gasteiger partial charge in [-0.05, 0) is 142 Å². The number of halogens is 6. The molecule has 4 aromatic carbocycles. The second-order valence-corrected chi connectivity index (χ2v) is 23.5. The van der Waals surface area contributed by atoms with Crippen LogP contribution in [0.2, 0.25) is 15.1 Å². The van der Waals surface area contributed by atoms with Gasteiger partial charge in [-0.3, -0.25) is 0 Å². The minimum Gasteiger partial charge on any atom is -0.492 e. The van der Waals surface area contributed by atoms with Crippen LogP contribution in [0.1, 0.15) is 73.6 Å². The van der Waals surface area contributed by atoms with Gasteiger partial charge in [-0.25, -0.2) is 0 Å². The zero-order chi connectivity index (χ0) is 51.2. The molecule has 12 rings (SSSR count). The maximum Gasteiger partial charge on any atom is 0.141 e. The molecular formula is C56H66Br3Cl3O12. The number of hydrogen-bond donors (Lipinski definition) is 0. The monoisotopic (exact) mass is 1270 g/mol. The molecule has 8 fully saturated rings. The van der Waals surface area contributed by atoms with Gasteiger partial charge in [-0.15, -0.1) is 0 Å². The molecule has 404 valence electrons. The predicted molar refractivity (Wildman–Crippen MR) is 296 cm³/mol. The molecule has 0 radical (unpaired) electrons. The molecule has 0 N–H and O–H groups in total. The van der Waals surface area contributed by atoms with Crippen LogP contribution in [0.5, 0.6) is 23.0 Å². The lowest BCUT2D eigenvalue weighted by Gasteiger charge is -2.13. The predicted octanol–water partition coefficient (Wildman–Crippen LogP) is 13.0. The van der Waals surface area contributed by atoms with E-state index in [0.29, 0.717) is 71.0 Å². The first-order chi connectivity index (χ1) is 36.1. The maximum absolute atomic E-state index is 6.22. The Morgan fingerprint density at radius 3 is 1.16 bits per heavy atom. The zero-order valence-electron chi connectivity index (χ0n) is 41.5. The van der Waals surface area contributed by atoms with Gasteiger partial charge in [-0.2, -0.15) is 0 Å². The third-order valence-electron chi connectivity index (χ3n) is 12.9. The fraction of sp³-hybridized carbons (Fsp3) is 0.571. The van der Waals surface area contributed by atoms with Crippen LogP contribution in [0.3, 0.4) is 0 Å². The first-order valence-electron chi connectivity index (χ1n) is 26.0. The van der Waals surface area contributed by atoms with Crippen LogP contribution < -0.4 is 18.9 Å². The smallest absolute Gasteiger partial charge is 0.141 e. The molecule has 0 bridgehead atoms. The highest BCUT2D eigenvalue weighted by atomic mass is 79.9. The highest BCUT2D eigenvalue weighted by molar-refractivity contribution is 9.11. The summed E-state index contributed by atoms with van der Waals surface area (Å²) in [6.07, 6.45) is 15.2. The maximum atomic E-state index is 6.22. The quantitative estimate of drug-likeness (QED) is 0.0395. The van der Waals surface area contributed by atoms with E-state index >= 15 is 0 Å². The van der Waals surface area contributed by atoms with Crippen LogP contribution in [0.15, 0.2) is 74.1 Å². The van der Waals surface area contributed by atoms with E-state index in [4.69, 9.17) is 91.6 Å². The average Bonchev–Trinajstić information content (AvgIpc) is 4.17. The van der Waals surface area contributed by atoms with Crippen LogP contribution in [0, 0.1) is 0 Å².